The van der Waals surface area contributed by atoms with Crippen LogP contribution in [0.3, 0.4) is 0 Å². The second-order valence-corrected chi connectivity index (χ2v) is 14.9. The zero-order valence-electron chi connectivity index (χ0n) is 35.7. The number of unbranched alkanes of at least 4 members (excludes halogenated alkanes) is 20. The molecule has 5 heteroatoms. The van der Waals surface area contributed by atoms with Crippen LogP contribution in [0.1, 0.15) is 213 Å². The predicted octanol–water partition coefficient (Wildman–Crippen LogP) is 15.0. The molecule has 0 amide bonds. The first-order valence-electron chi connectivity index (χ1n) is 22.8. The van der Waals surface area contributed by atoms with E-state index in [9.17, 15) is 9.59 Å². The maximum Gasteiger partial charge on any atom is 0.306 e. The first kappa shape index (κ1) is 51.6. The van der Waals surface area contributed by atoms with Crippen molar-refractivity contribution in [2.45, 2.75) is 219 Å². The number of ether oxygens (including phenoxy) is 3. The van der Waals surface area contributed by atoms with Crippen molar-refractivity contribution < 1.29 is 23.8 Å². The molecular formula is C49H86O5. The molecule has 0 spiro atoms. The molecule has 0 aliphatic rings. The zero-order chi connectivity index (χ0) is 39.3. The fourth-order valence-electron chi connectivity index (χ4n) is 6.14. The summed E-state index contributed by atoms with van der Waals surface area (Å²) >= 11 is 0. The van der Waals surface area contributed by atoms with Crippen molar-refractivity contribution >= 4 is 11.9 Å². The number of carbonyl (C=O) groups is 2. The average Bonchev–Trinajstić information content (AvgIpc) is 3.17. The Bertz CT molecular complexity index is 946. The lowest BCUT2D eigenvalue weighted by Gasteiger charge is -2.18. The van der Waals surface area contributed by atoms with Crippen LogP contribution in [-0.4, -0.2) is 37.9 Å². The lowest BCUT2D eigenvalue weighted by Crippen LogP contribution is -2.30. The Morgan fingerprint density at radius 2 is 0.833 bits per heavy atom. The summed E-state index contributed by atoms with van der Waals surface area (Å²) in [5.41, 5.74) is 0. The fourth-order valence-corrected chi connectivity index (χ4v) is 6.14. The highest BCUT2D eigenvalue weighted by atomic mass is 16.6. The Morgan fingerprint density at radius 3 is 1.39 bits per heavy atom. The third kappa shape index (κ3) is 42.3. The van der Waals surface area contributed by atoms with E-state index in [-0.39, 0.29) is 25.2 Å². The molecule has 312 valence electrons. The molecule has 1 atom stereocenters. The zero-order valence-corrected chi connectivity index (χ0v) is 35.7. The minimum atomic E-state index is -0.554. The van der Waals surface area contributed by atoms with Gasteiger partial charge in [0.25, 0.3) is 0 Å². The standard InChI is InChI=1S/C49H86O5/c1-4-7-10-13-16-18-20-22-24-25-27-28-30-32-34-36-39-42-48(50)53-46-47(45-52-44-41-38-15-12-9-6-3)54-49(51)43-40-37-35-33-31-29-26-23-21-19-17-14-11-8-5-2/h8,11,17,19,22-24,26,31,33,47H,4-7,9-10,12-16,18,20-21,25,27-30,32,34-46H2,1-3H3/b11-8-,19-17-,24-22-,26-23-,33-31-. The number of allylic oxidation sites excluding steroid dienone is 10. The number of rotatable bonds is 41. The van der Waals surface area contributed by atoms with Crippen molar-refractivity contribution in [3.05, 3.63) is 60.8 Å². The Kier molecular flexibility index (Phi) is 43.0. The van der Waals surface area contributed by atoms with Crippen LogP contribution in [0.5, 0.6) is 0 Å². The Hall–Kier alpha value is -2.40. The molecule has 5 nitrogen and oxygen atoms in total. The van der Waals surface area contributed by atoms with Crippen LogP contribution in [0.2, 0.25) is 0 Å². The Labute approximate surface area is 334 Å². The molecule has 0 fully saturated rings. The third-order valence-corrected chi connectivity index (χ3v) is 9.54. The molecule has 0 aromatic carbocycles. The summed E-state index contributed by atoms with van der Waals surface area (Å²) in [5.74, 6) is -0.453. The minimum Gasteiger partial charge on any atom is -0.462 e. The smallest absolute Gasteiger partial charge is 0.306 e. The van der Waals surface area contributed by atoms with Crippen LogP contribution in [0.25, 0.3) is 0 Å². The van der Waals surface area contributed by atoms with Crippen molar-refractivity contribution in [2.24, 2.45) is 0 Å². The molecule has 0 saturated heterocycles. The van der Waals surface area contributed by atoms with Crippen molar-refractivity contribution in [1.82, 2.24) is 0 Å². The molecule has 0 N–H and O–H groups in total. The maximum absolute atomic E-state index is 12.7. The number of hydrogen-bond acceptors (Lipinski definition) is 5. The Morgan fingerprint density at radius 1 is 0.426 bits per heavy atom. The van der Waals surface area contributed by atoms with Gasteiger partial charge in [-0.15, -0.1) is 0 Å². The number of carbonyl (C=O) groups excluding carboxylic acids is 2. The molecular weight excluding hydrogens is 669 g/mol. The fraction of sp³-hybridized carbons (Fsp3) is 0.755. The highest BCUT2D eigenvalue weighted by molar-refractivity contribution is 5.70. The second kappa shape index (κ2) is 45.0. The van der Waals surface area contributed by atoms with E-state index >= 15 is 0 Å². The van der Waals surface area contributed by atoms with Crippen molar-refractivity contribution in [3.63, 3.8) is 0 Å². The molecule has 0 saturated carbocycles. The second-order valence-electron chi connectivity index (χ2n) is 14.9. The predicted molar refractivity (Wildman–Crippen MR) is 233 cm³/mol. The summed E-state index contributed by atoms with van der Waals surface area (Å²) in [6, 6.07) is 0. The van der Waals surface area contributed by atoms with Crippen LogP contribution in [0.4, 0.5) is 0 Å². The van der Waals surface area contributed by atoms with Gasteiger partial charge in [-0.1, -0.05) is 178 Å². The van der Waals surface area contributed by atoms with E-state index in [1.807, 2.05) is 0 Å². The van der Waals surface area contributed by atoms with Crippen molar-refractivity contribution in [2.75, 3.05) is 19.8 Å². The number of esters is 2. The van der Waals surface area contributed by atoms with Crippen LogP contribution < -0.4 is 0 Å². The van der Waals surface area contributed by atoms with E-state index in [1.165, 1.54) is 103 Å². The van der Waals surface area contributed by atoms with Crippen LogP contribution in [0.15, 0.2) is 60.8 Å². The van der Waals surface area contributed by atoms with Gasteiger partial charge in [-0.3, -0.25) is 9.59 Å². The first-order chi connectivity index (χ1) is 26.6. The van der Waals surface area contributed by atoms with Gasteiger partial charge in [0.15, 0.2) is 6.10 Å². The third-order valence-electron chi connectivity index (χ3n) is 9.54. The van der Waals surface area contributed by atoms with Gasteiger partial charge >= 0.3 is 11.9 Å². The monoisotopic (exact) mass is 755 g/mol. The largest absolute Gasteiger partial charge is 0.462 e. The summed E-state index contributed by atoms with van der Waals surface area (Å²) in [6.07, 6.45) is 55.2. The van der Waals surface area contributed by atoms with Gasteiger partial charge in [-0.25, -0.2) is 0 Å². The maximum atomic E-state index is 12.7. The molecule has 1 unspecified atom stereocenters. The van der Waals surface area contributed by atoms with Crippen LogP contribution >= 0.6 is 0 Å². The van der Waals surface area contributed by atoms with Crippen molar-refractivity contribution in [1.29, 1.82) is 0 Å². The SMILES string of the molecule is CC/C=C\C/C=C\C/C=C\C/C=C\CCCCC(=O)OC(COCCCCCCCC)COC(=O)CCCCCCCCC/C=C\CCCCCCCC. The lowest BCUT2D eigenvalue weighted by molar-refractivity contribution is -0.163. The number of hydrogen-bond donors (Lipinski definition) is 0. The molecule has 54 heavy (non-hydrogen) atoms. The van der Waals surface area contributed by atoms with Crippen molar-refractivity contribution in [3.8, 4) is 0 Å². The first-order valence-corrected chi connectivity index (χ1v) is 22.8. The van der Waals surface area contributed by atoms with Gasteiger partial charge in [0.1, 0.15) is 6.61 Å². The molecule has 0 aliphatic carbocycles. The minimum absolute atomic E-state index is 0.0659. The van der Waals surface area contributed by atoms with E-state index in [0.717, 1.165) is 77.0 Å². The molecule has 0 radical (unpaired) electrons. The molecule has 0 aromatic heterocycles. The highest BCUT2D eigenvalue weighted by Gasteiger charge is 2.17. The van der Waals surface area contributed by atoms with Gasteiger partial charge in [0.05, 0.1) is 6.61 Å². The highest BCUT2D eigenvalue weighted by Crippen LogP contribution is 2.13. The molecule has 0 heterocycles. The summed E-state index contributed by atoms with van der Waals surface area (Å²) in [6.45, 7) is 7.62. The average molecular weight is 755 g/mol. The van der Waals surface area contributed by atoms with Gasteiger partial charge in [-0.05, 0) is 83.5 Å². The van der Waals surface area contributed by atoms with Gasteiger partial charge < -0.3 is 14.2 Å². The summed E-state index contributed by atoms with van der Waals surface area (Å²) in [7, 11) is 0. The molecule has 0 bridgehead atoms. The summed E-state index contributed by atoms with van der Waals surface area (Å²) < 4.78 is 17.2. The van der Waals surface area contributed by atoms with Gasteiger partial charge in [0.2, 0.25) is 0 Å². The van der Waals surface area contributed by atoms with Gasteiger partial charge in [0, 0.05) is 19.4 Å². The Balaban J connectivity index is 4.18. The topological polar surface area (TPSA) is 61.8 Å². The van der Waals surface area contributed by atoms with E-state index in [1.54, 1.807) is 0 Å². The van der Waals surface area contributed by atoms with E-state index < -0.39 is 6.10 Å². The summed E-state index contributed by atoms with van der Waals surface area (Å²) in [4.78, 5) is 25.2. The quantitative estimate of drug-likeness (QED) is 0.0353. The van der Waals surface area contributed by atoms with E-state index in [0.29, 0.717) is 19.4 Å². The molecule has 0 rings (SSSR count). The van der Waals surface area contributed by atoms with Crippen LogP contribution in [-0.2, 0) is 23.8 Å². The van der Waals surface area contributed by atoms with Gasteiger partial charge in [-0.2, -0.15) is 0 Å². The molecule has 0 aromatic rings. The van der Waals surface area contributed by atoms with Crippen LogP contribution in [0, 0.1) is 0 Å². The van der Waals surface area contributed by atoms with E-state index in [2.05, 4.69) is 81.5 Å². The lowest BCUT2D eigenvalue weighted by atomic mass is 10.1. The molecule has 0 aliphatic heterocycles. The normalized spacial score (nSPS) is 12.7. The van der Waals surface area contributed by atoms with E-state index in [4.69, 9.17) is 14.2 Å². The summed E-state index contributed by atoms with van der Waals surface area (Å²) in [5, 5.41) is 0.